The van der Waals surface area contributed by atoms with Gasteiger partial charge in [0.15, 0.2) is 5.82 Å². The molecule has 9 heteroatoms. The minimum Gasteiger partial charge on any atom is -0.334 e. The number of nitrogens with zero attached hydrogens (tertiary/aromatic N) is 6. The second-order valence-electron chi connectivity index (χ2n) is 5.48. The molecule has 2 aromatic carbocycles. The molecular weight excluding hydrogens is 334 g/mol. The Bertz CT molecular complexity index is 1040. The molecular formula is C17H13N7O2. The number of amides is 1. The molecule has 0 aliphatic carbocycles. The number of carbonyl (C=O) groups is 1. The predicted octanol–water partition coefficient (Wildman–Crippen LogP) is 2.27. The third-order valence-corrected chi connectivity index (χ3v) is 3.64. The molecule has 2 heterocycles. The summed E-state index contributed by atoms with van der Waals surface area (Å²) in [7, 11) is 0. The quantitative estimate of drug-likeness (QED) is 0.602. The molecule has 0 radical (unpaired) electrons. The third kappa shape index (κ3) is 3.18. The van der Waals surface area contributed by atoms with Crippen LogP contribution in [0.1, 0.15) is 16.2 Å². The standard InChI is InChI=1S/C17H13N7O2/c1-11-19-17(26-21-11)13-7-5-12(6-8-13)16(25)20-14-3-2-4-15(9-14)24-10-18-22-23-24/h2-10H,1H3,(H,20,25). The van der Waals surface area contributed by atoms with Gasteiger partial charge in [0.25, 0.3) is 11.8 Å². The second-order valence-corrected chi connectivity index (χ2v) is 5.48. The SMILES string of the molecule is Cc1noc(-c2ccc(C(=O)Nc3cccc(-n4cnnn4)c3)cc2)n1. The minimum absolute atomic E-state index is 0.230. The monoisotopic (exact) mass is 347 g/mol. The summed E-state index contributed by atoms with van der Waals surface area (Å²) >= 11 is 0. The Morgan fingerprint density at radius 2 is 2.00 bits per heavy atom. The number of carbonyl (C=O) groups excluding carboxylic acids is 1. The van der Waals surface area contributed by atoms with Crippen molar-refractivity contribution in [2.45, 2.75) is 6.92 Å². The molecule has 0 saturated heterocycles. The van der Waals surface area contributed by atoms with E-state index >= 15 is 0 Å². The normalized spacial score (nSPS) is 10.7. The molecule has 1 N–H and O–H groups in total. The Morgan fingerprint density at radius 1 is 1.15 bits per heavy atom. The first-order chi connectivity index (χ1) is 12.7. The van der Waals surface area contributed by atoms with Crippen molar-refractivity contribution in [1.82, 2.24) is 30.3 Å². The van der Waals surface area contributed by atoms with Gasteiger partial charge >= 0.3 is 0 Å². The lowest BCUT2D eigenvalue weighted by Gasteiger charge is -2.07. The van der Waals surface area contributed by atoms with Gasteiger partial charge in [0.2, 0.25) is 0 Å². The first-order valence-corrected chi connectivity index (χ1v) is 7.74. The van der Waals surface area contributed by atoms with E-state index in [1.807, 2.05) is 12.1 Å². The maximum absolute atomic E-state index is 12.5. The fourth-order valence-corrected chi connectivity index (χ4v) is 2.39. The number of tetrazole rings is 1. The van der Waals surface area contributed by atoms with E-state index < -0.39 is 0 Å². The van der Waals surface area contributed by atoms with Crippen molar-refractivity contribution in [3.63, 3.8) is 0 Å². The summed E-state index contributed by atoms with van der Waals surface area (Å²) in [6.07, 6.45) is 1.49. The van der Waals surface area contributed by atoms with Gasteiger partial charge in [-0.3, -0.25) is 4.79 Å². The van der Waals surface area contributed by atoms with Crippen molar-refractivity contribution in [3.8, 4) is 17.1 Å². The fraction of sp³-hybridized carbons (Fsp3) is 0.0588. The molecule has 9 nitrogen and oxygen atoms in total. The number of aromatic nitrogens is 6. The van der Waals surface area contributed by atoms with Crippen LogP contribution in [-0.2, 0) is 0 Å². The van der Waals surface area contributed by atoms with E-state index in [0.717, 1.165) is 11.3 Å². The molecule has 0 saturated carbocycles. The molecule has 26 heavy (non-hydrogen) atoms. The van der Waals surface area contributed by atoms with Crippen LogP contribution >= 0.6 is 0 Å². The molecule has 0 spiro atoms. The maximum Gasteiger partial charge on any atom is 0.257 e. The van der Waals surface area contributed by atoms with Crippen molar-refractivity contribution in [2.75, 3.05) is 5.32 Å². The van der Waals surface area contributed by atoms with E-state index in [9.17, 15) is 4.79 Å². The fourth-order valence-electron chi connectivity index (χ4n) is 2.39. The van der Waals surface area contributed by atoms with Gasteiger partial charge in [0.1, 0.15) is 6.33 Å². The summed E-state index contributed by atoms with van der Waals surface area (Å²) in [4.78, 5) is 16.6. The highest BCUT2D eigenvalue weighted by atomic mass is 16.5. The number of rotatable bonds is 4. The van der Waals surface area contributed by atoms with Gasteiger partial charge in [-0.05, 0) is 59.8 Å². The van der Waals surface area contributed by atoms with Crippen LogP contribution in [0.15, 0.2) is 59.4 Å². The first kappa shape index (κ1) is 15.6. The molecule has 0 unspecified atom stereocenters. The second kappa shape index (κ2) is 6.55. The Labute approximate surface area is 147 Å². The van der Waals surface area contributed by atoms with Gasteiger partial charge in [-0.25, -0.2) is 4.68 Å². The molecule has 128 valence electrons. The van der Waals surface area contributed by atoms with E-state index in [0.29, 0.717) is 23.0 Å². The topological polar surface area (TPSA) is 112 Å². The highest BCUT2D eigenvalue weighted by Crippen LogP contribution is 2.19. The zero-order valence-corrected chi connectivity index (χ0v) is 13.7. The van der Waals surface area contributed by atoms with Crippen molar-refractivity contribution in [3.05, 3.63) is 66.2 Å². The smallest absolute Gasteiger partial charge is 0.257 e. The summed E-state index contributed by atoms with van der Waals surface area (Å²) in [5, 5.41) is 17.6. The molecule has 2 aromatic heterocycles. The number of nitrogens with one attached hydrogen (secondary N) is 1. The lowest BCUT2D eigenvalue weighted by Crippen LogP contribution is -2.12. The highest BCUT2D eigenvalue weighted by molar-refractivity contribution is 6.04. The van der Waals surface area contributed by atoms with Gasteiger partial charge in [-0.2, -0.15) is 4.98 Å². The zero-order valence-electron chi connectivity index (χ0n) is 13.7. The van der Waals surface area contributed by atoms with Gasteiger partial charge in [-0.1, -0.05) is 11.2 Å². The van der Waals surface area contributed by atoms with Gasteiger partial charge in [0, 0.05) is 16.8 Å². The van der Waals surface area contributed by atoms with Crippen LogP contribution < -0.4 is 5.32 Å². The van der Waals surface area contributed by atoms with Crippen LogP contribution in [0.3, 0.4) is 0 Å². The van der Waals surface area contributed by atoms with E-state index in [2.05, 4.69) is 31.0 Å². The summed E-state index contributed by atoms with van der Waals surface area (Å²) in [6.45, 7) is 1.75. The van der Waals surface area contributed by atoms with E-state index in [1.54, 1.807) is 43.3 Å². The van der Waals surface area contributed by atoms with Crippen LogP contribution in [0.4, 0.5) is 5.69 Å². The molecule has 0 bridgehead atoms. The lowest BCUT2D eigenvalue weighted by molar-refractivity contribution is 0.102. The summed E-state index contributed by atoms with van der Waals surface area (Å²) < 4.78 is 6.63. The Kier molecular flexibility index (Phi) is 3.94. The number of aryl methyl sites for hydroxylation is 1. The molecule has 1 amide bonds. The van der Waals surface area contributed by atoms with Crippen LogP contribution in [-0.4, -0.2) is 36.3 Å². The van der Waals surface area contributed by atoms with E-state index in [-0.39, 0.29) is 5.91 Å². The number of benzene rings is 2. The first-order valence-electron chi connectivity index (χ1n) is 7.74. The highest BCUT2D eigenvalue weighted by Gasteiger charge is 2.10. The van der Waals surface area contributed by atoms with Gasteiger partial charge < -0.3 is 9.84 Å². The van der Waals surface area contributed by atoms with E-state index in [4.69, 9.17) is 4.52 Å². The third-order valence-electron chi connectivity index (χ3n) is 3.64. The van der Waals surface area contributed by atoms with Crippen LogP contribution in [0.5, 0.6) is 0 Å². The number of anilines is 1. The average molecular weight is 347 g/mol. The van der Waals surface area contributed by atoms with Crippen molar-refractivity contribution in [1.29, 1.82) is 0 Å². The van der Waals surface area contributed by atoms with Gasteiger partial charge in [-0.15, -0.1) is 5.10 Å². The number of hydrogen-bond acceptors (Lipinski definition) is 7. The number of hydrogen-bond donors (Lipinski definition) is 1. The van der Waals surface area contributed by atoms with Crippen molar-refractivity contribution < 1.29 is 9.32 Å². The molecule has 4 rings (SSSR count). The van der Waals surface area contributed by atoms with Crippen molar-refractivity contribution >= 4 is 11.6 Å². The lowest BCUT2D eigenvalue weighted by atomic mass is 10.1. The average Bonchev–Trinajstić information content (AvgIpc) is 3.34. The Hall–Kier alpha value is -3.88. The summed E-state index contributed by atoms with van der Waals surface area (Å²) in [5.41, 5.74) is 2.65. The van der Waals surface area contributed by atoms with Crippen LogP contribution in [0, 0.1) is 6.92 Å². The van der Waals surface area contributed by atoms with Crippen LogP contribution in [0.2, 0.25) is 0 Å². The Balaban J connectivity index is 1.51. The maximum atomic E-state index is 12.5. The predicted molar refractivity (Wildman–Crippen MR) is 91.6 cm³/mol. The molecule has 0 atom stereocenters. The Morgan fingerprint density at radius 3 is 2.69 bits per heavy atom. The van der Waals surface area contributed by atoms with E-state index in [1.165, 1.54) is 11.0 Å². The van der Waals surface area contributed by atoms with Gasteiger partial charge in [0.05, 0.1) is 5.69 Å². The van der Waals surface area contributed by atoms with Crippen LogP contribution in [0.25, 0.3) is 17.1 Å². The summed E-state index contributed by atoms with van der Waals surface area (Å²) in [6, 6.07) is 14.2. The molecule has 0 aliphatic rings. The molecule has 4 aromatic rings. The molecule has 0 fully saturated rings. The minimum atomic E-state index is -0.230. The summed E-state index contributed by atoms with van der Waals surface area (Å²) in [5.74, 6) is 0.750. The largest absolute Gasteiger partial charge is 0.334 e. The van der Waals surface area contributed by atoms with Crippen molar-refractivity contribution in [2.24, 2.45) is 0 Å². The zero-order chi connectivity index (χ0) is 17.9. The molecule has 0 aliphatic heterocycles.